The molecule has 9 nitrogen and oxygen atoms in total. The lowest BCUT2D eigenvalue weighted by atomic mass is 10.1. The second kappa shape index (κ2) is 7.95. The minimum absolute atomic E-state index is 0.0330. The molecule has 0 aromatic heterocycles. The molecule has 10 heteroatoms. The minimum Gasteiger partial charge on any atom is -0.395 e. The third-order valence-electron chi connectivity index (χ3n) is 4.22. The Hall–Kier alpha value is -2.98. The Balaban J connectivity index is 1.75. The number of benzene rings is 2. The summed E-state index contributed by atoms with van der Waals surface area (Å²) >= 11 is 0. The molecule has 3 N–H and O–H groups in total. The van der Waals surface area contributed by atoms with E-state index in [9.17, 15) is 23.3 Å². The lowest BCUT2D eigenvalue weighted by Crippen LogP contribution is -2.14. The quantitative estimate of drug-likeness (QED) is 0.452. The van der Waals surface area contributed by atoms with Crippen molar-refractivity contribution in [3.05, 3.63) is 58.1 Å². The van der Waals surface area contributed by atoms with Crippen LogP contribution >= 0.6 is 0 Å². The molecular weight excluding hydrogens is 386 g/mol. The number of aliphatic hydroxyl groups excluding tert-OH is 1. The summed E-state index contributed by atoms with van der Waals surface area (Å²) in [6.45, 7) is -0.481. The van der Waals surface area contributed by atoms with Crippen LogP contribution in [0.1, 0.15) is 23.2 Å². The molecule has 0 radical (unpaired) electrons. The molecule has 1 saturated carbocycles. The molecular formula is C18H19N3O6S. The highest BCUT2D eigenvalue weighted by Crippen LogP contribution is 2.31. The predicted octanol–water partition coefficient (Wildman–Crippen LogP) is 2.19. The van der Waals surface area contributed by atoms with Gasteiger partial charge in [-0.05, 0) is 49.2 Å². The van der Waals surface area contributed by atoms with Crippen LogP contribution in [0.4, 0.5) is 17.1 Å². The van der Waals surface area contributed by atoms with Gasteiger partial charge in [-0.15, -0.1) is 0 Å². The van der Waals surface area contributed by atoms with Gasteiger partial charge >= 0.3 is 0 Å². The maximum atomic E-state index is 12.4. The minimum atomic E-state index is -3.58. The summed E-state index contributed by atoms with van der Waals surface area (Å²) in [6, 6.07) is 9.93. The van der Waals surface area contributed by atoms with Crippen LogP contribution in [-0.4, -0.2) is 42.8 Å². The number of nitrogens with one attached hydrogen (secondary N) is 2. The second-order valence-corrected chi connectivity index (χ2v) is 8.54. The SMILES string of the molecule is O=C(Nc1ccc(S(=O)(=O)CCO)cc1)c1ccc(NC2CC2)c([N+](=O)[O-])c1. The molecule has 0 spiro atoms. The highest BCUT2D eigenvalue weighted by molar-refractivity contribution is 7.91. The first-order chi connectivity index (χ1) is 13.3. The van der Waals surface area contributed by atoms with Crippen LogP contribution in [-0.2, 0) is 9.84 Å². The first-order valence-corrected chi connectivity index (χ1v) is 10.3. The van der Waals surface area contributed by atoms with Crippen molar-refractivity contribution in [2.45, 2.75) is 23.8 Å². The largest absolute Gasteiger partial charge is 0.395 e. The number of carbonyl (C=O) groups is 1. The first kappa shape index (κ1) is 19.8. The number of hydrogen-bond donors (Lipinski definition) is 3. The number of nitro benzene ring substituents is 1. The molecule has 148 valence electrons. The van der Waals surface area contributed by atoms with Gasteiger partial charge in [0.2, 0.25) is 0 Å². The lowest BCUT2D eigenvalue weighted by Gasteiger charge is -2.09. The van der Waals surface area contributed by atoms with Crippen molar-refractivity contribution in [3.63, 3.8) is 0 Å². The molecule has 1 amide bonds. The molecule has 0 aliphatic heterocycles. The van der Waals surface area contributed by atoms with Crippen molar-refractivity contribution in [2.24, 2.45) is 0 Å². The van der Waals surface area contributed by atoms with Crippen molar-refractivity contribution in [3.8, 4) is 0 Å². The predicted molar refractivity (Wildman–Crippen MR) is 103 cm³/mol. The number of carbonyl (C=O) groups excluding carboxylic acids is 1. The normalized spacial score (nSPS) is 13.8. The van der Waals surface area contributed by atoms with E-state index in [2.05, 4.69) is 10.6 Å². The van der Waals surface area contributed by atoms with Crippen molar-refractivity contribution in [2.75, 3.05) is 23.0 Å². The van der Waals surface area contributed by atoms with Gasteiger partial charge in [0.15, 0.2) is 9.84 Å². The fraction of sp³-hybridized carbons (Fsp3) is 0.278. The Morgan fingerprint density at radius 3 is 2.43 bits per heavy atom. The summed E-state index contributed by atoms with van der Waals surface area (Å²) in [4.78, 5) is 23.2. The van der Waals surface area contributed by atoms with Crippen LogP contribution in [0.25, 0.3) is 0 Å². The van der Waals surface area contributed by atoms with E-state index in [1.54, 1.807) is 0 Å². The van der Waals surface area contributed by atoms with Crippen LogP contribution in [0.15, 0.2) is 47.4 Å². The first-order valence-electron chi connectivity index (χ1n) is 8.60. The second-order valence-electron chi connectivity index (χ2n) is 6.43. The number of amides is 1. The van der Waals surface area contributed by atoms with Crippen LogP contribution < -0.4 is 10.6 Å². The Bertz CT molecular complexity index is 1000. The summed E-state index contributed by atoms with van der Waals surface area (Å²) in [5.41, 5.74) is 0.660. The summed E-state index contributed by atoms with van der Waals surface area (Å²) in [5.74, 6) is -0.934. The van der Waals surface area contributed by atoms with Gasteiger partial charge < -0.3 is 15.7 Å². The molecule has 1 aliphatic carbocycles. The molecule has 0 heterocycles. The van der Waals surface area contributed by atoms with Crippen LogP contribution in [0.3, 0.4) is 0 Å². The van der Waals surface area contributed by atoms with Gasteiger partial charge in [0.1, 0.15) is 5.69 Å². The average Bonchev–Trinajstić information content (AvgIpc) is 3.46. The van der Waals surface area contributed by atoms with E-state index < -0.39 is 27.3 Å². The Kier molecular flexibility index (Phi) is 5.61. The van der Waals surface area contributed by atoms with E-state index in [1.165, 1.54) is 42.5 Å². The summed E-state index contributed by atoms with van der Waals surface area (Å²) in [7, 11) is -3.58. The third kappa shape index (κ3) is 4.65. The molecule has 28 heavy (non-hydrogen) atoms. The van der Waals surface area contributed by atoms with Crippen molar-refractivity contribution in [1.82, 2.24) is 0 Å². The monoisotopic (exact) mass is 405 g/mol. The summed E-state index contributed by atoms with van der Waals surface area (Å²) in [6.07, 6.45) is 1.92. The Labute approximate surface area is 161 Å². The van der Waals surface area contributed by atoms with E-state index in [0.717, 1.165) is 12.8 Å². The number of nitro groups is 1. The Morgan fingerprint density at radius 1 is 1.18 bits per heavy atom. The highest BCUT2D eigenvalue weighted by Gasteiger charge is 2.25. The van der Waals surface area contributed by atoms with Crippen molar-refractivity contribution in [1.29, 1.82) is 0 Å². The van der Waals surface area contributed by atoms with Gasteiger partial charge in [0.25, 0.3) is 11.6 Å². The van der Waals surface area contributed by atoms with Crippen molar-refractivity contribution < 1.29 is 23.2 Å². The zero-order valence-electron chi connectivity index (χ0n) is 14.8. The number of rotatable bonds is 8. The lowest BCUT2D eigenvalue weighted by molar-refractivity contribution is -0.384. The number of aliphatic hydroxyl groups is 1. The van der Waals surface area contributed by atoms with E-state index in [-0.39, 0.29) is 27.9 Å². The molecule has 2 aromatic carbocycles. The standard InChI is InChI=1S/C18H19N3O6S/c22-9-10-28(26,27)15-6-4-14(5-7-15)20-18(23)12-1-8-16(19-13-2-3-13)17(11-12)21(24)25/h1,4-8,11,13,19,22H,2-3,9-10H2,(H,20,23). The molecule has 0 saturated heterocycles. The maximum Gasteiger partial charge on any atom is 0.293 e. The van der Waals surface area contributed by atoms with Gasteiger partial charge in [-0.25, -0.2) is 8.42 Å². The number of sulfone groups is 1. The molecule has 1 fully saturated rings. The van der Waals surface area contributed by atoms with Crippen LogP contribution in [0, 0.1) is 10.1 Å². The van der Waals surface area contributed by atoms with Crippen LogP contribution in [0.5, 0.6) is 0 Å². The van der Waals surface area contributed by atoms with Gasteiger partial charge in [0.05, 0.1) is 22.2 Å². The van der Waals surface area contributed by atoms with E-state index in [1.807, 2.05) is 0 Å². The van der Waals surface area contributed by atoms with Gasteiger partial charge in [-0.2, -0.15) is 0 Å². The summed E-state index contributed by atoms with van der Waals surface area (Å²) < 4.78 is 23.8. The van der Waals surface area contributed by atoms with E-state index in [0.29, 0.717) is 11.4 Å². The average molecular weight is 405 g/mol. The molecule has 1 aliphatic rings. The van der Waals surface area contributed by atoms with Gasteiger partial charge in [-0.1, -0.05) is 0 Å². The van der Waals surface area contributed by atoms with E-state index >= 15 is 0 Å². The number of hydrogen-bond acceptors (Lipinski definition) is 7. The maximum absolute atomic E-state index is 12.4. The topological polar surface area (TPSA) is 139 Å². The fourth-order valence-electron chi connectivity index (χ4n) is 2.58. The third-order valence-corrected chi connectivity index (χ3v) is 5.94. The van der Waals surface area contributed by atoms with Gasteiger partial charge in [0, 0.05) is 23.4 Å². The number of nitrogens with zero attached hydrogens (tertiary/aromatic N) is 1. The van der Waals surface area contributed by atoms with Gasteiger partial charge in [-0.3, -0.25) is 14.9 Å². The smallest absolute Gasteiger partial charge is 0.293 e. The zero-order chi connectivity index (χ0) is 20.3. The Morgan fingerprint density at radius 2 is 1.86 bits per heavy atom. The molecule has 0 bridgehead atoms. The molecule has 2 aromatic rings. The molecule has 0 unspecified atom stereocenters. The highest BCUT2D eigenvalue weighted by atomic mass is 32.2. The van der Waals surface area contributed by atoms with Crippen molar-refractivity contribution >= 4 is 32.8 Å². The fourth-order valence-corrected chi connectivity index (χ4v) is 3.61. The summed E-state index contributed by atoms with van der Waals surface area (Å²) in [5, 5.41) is 25.8. The molecule has 3 rings (SSSR count). The zero-order valence-corrected chi connectivity index (χ0v) is 15.6. The number of anilines is 2. The van der Waals surface area contributed by atoms with Crippen LogP contribution in [0.2, 0.25) is 0 Å². The van der Waals surface area contributed by atoms with E-state index in [4.69, 9.17) is 5.11 Å². The molecule has 0 atom stereocenters.